The molecule has 0 bridgehead atoms. The summed E-state index contributed by atoms with van der Waals surface area (Å²) in [6.45, 7) is 0. The summed E-state index contributed by atoms with van der Waals surface area (Å²) in [5, 5.41) is 6.45. The molecule has 0 radical (unpaired) electrons. The zero-order valence-corrected chi connectivity index (χ0v) is 27.2. The molecule has 0 aliphatic rings. The molecule has 7 aromatic rings. The number of hydrogen-bond donors (Lipinski definition) is 0. The molecule has 5 heteroatoms. The number of ether oxygens (including phenoxy) is 2. The lowest BCUT2D eigenvalue weighted by Gasteiger charge is -2.28. The minimum absolute atomic E-state index is 0. The lowest BCUT2D eigenvalue weighted by Crippen LogP contribution is -3.00. The minimum atomic E-state index is -1.98. The number of halogens is 1. The van der Waals surface area contributed by atoms with Crippen molar-refractivity contribution in [1.82, 2.24) is 4.57 Å². The molecule has 7 rings (SSSR count). The van der Waals surface area contributed by atoms with E-state index in [0.29, 0.717) is 0 Å². The van der Waals surface area contributed by atoms with Gasteiger partial charge in [-0.2, -0.15) is 0 Å². The third-order valence-electron chi connectivity index (χ3n) is 8.38. The van der Waals surface area contributed by atoms with E-state index in [-0.39, 0.29) is 17.0 Å². The van der Waals surface area contributed by atoms with Crippen LogP contribution in [-0.4, -0.2) is 18.8 Å². The molecule has 1 aromatic heterocycles. The van der Waals surface area contributed by atoms with Gasteiger partial charge in [0.05, 0.1) is 31.4 Å². The van der Waals surface area contributed by atoms with E-state index in [0.717, 1.165) is 45.2 Å². The fourth-order valence-corrected chi connectivity index (χ4v) is 10.6. The molecule has 0 saturated carbocycles. The van der Waals surface area contributed by atoms with Crippen LogP contribution in [0.3, 0.4) is 0 Å². The van der Waals surface area contributed by atoms with Gasteiger partial charge in [0.1, 0.15) is 34.7 Å². The van der Waals surface area contributed by atoms with Gasteiger partial charge in [-0.05, 0) is 90.5 Å². The second-order valence-electron chi connectivity index (χ2n) is 10.7. The van der Waals surface area contributed by atoms with Gasteiger partial charge in [0, 0.05) is 16.5 Å². The largest absolute Gasteiger partial charge is 1.00 e. The zero-order chi connectivity index (χ0) is 29.2. The standard InChI is InChI=1S/C39H33NO2P.BrH/c1-41-31-22-24-38-36(26-31)37-27-32(42-2)23-25-39(37)40(38)30-20-18-29(19-21-30)28-43(33-12-6-3-7-13-33,34-14-8-4-9-15-34)35-16-10-5-11-17-35;/h3-27H,28H2,1-2H3;1H/q+1;/p-1. The monoisotopic (exact) mass is 657 g/mol. The number of fused-ring (bicyclic) bond motifs is 3. The molecule has 0 unspecified atom stereocenters. The quantitative estimate of drug-likeness (QED) is 0.207. The number of methoxy groups -OCH3 is 2. The van der Waals surface area contributed by atoms with E-state index in [1.807, 2.05) is 12.1 Å². The van der Waals surface area contributed by atoms with Gasteiger partial charge >= 0.3 is 0 Å². The smallest absolute Gasteiger partial charge is 0.119 e. The first kappa shape index (κ1) is 29.7. The van der Waals surface area contributed by atoms with Crippen LogP contribution in [0.4, 0.5) is 0 Å². The maximum absolute atomic E-state index is 5.58. The van der Waals surface area contributed by atoms with E-state index in [2.05, 4.69) is 144 Å². The SMILES string of the molecule is COc1ccc2c(c1)c1cc(OC)ccc1n2-c1ccc(C[P+](c2ccccc2)(c2ccccc2)c2ccccc2)cc1.[Br-]. The van der Waals surface area contributed by atoms with Crippen molar-refractivity contribution in [2.45, 2.75) is 6.16 Å². The Labute approximate surface area is 269 Å². The van der Waals surface area contributed by atoms with Crippen LogP contribution in [0.15, 0.2) is 152 Å². The Morgan fingerprint density at radius 1 is 0.500 bits per heavy atom. The van der Waals surface area contributed by atoms with Gasteiger partial charge in [-0.25, -0.2) is 0 Å². The number of nitrogens with zero attached hydrogens (tertiary/aromatic N) is 1. The average Bonchev–Trinajstić information content (AvgIpc) is 3.41. The molecule has 3 nitrogen and oxygen atoms in total. The second kappa shape index (κ2) is 12.7. The van der Waals surface area contributed by atoms with E-state index in [1.165, 1.54) is 21.5 Å². The third kappa shape index (κ3) is 5.19. The summed E-state index contributed by atoms with van der Waals surface area (Å²) in [6, 6.07) is 54.9. The highest BCUT2D eigenvalue weighted by Gasteiger charge is 2.45. The molecular weight excluding hydrogens is 625 g/mol. The molecule has 0 spiro atoms. The van der Waals surface area contributed by atoms with Gasteiger partial charge in [0.2, 0.25) is 0 Å². The van der Waals surface area contributed by atoms with Gasteiger partial charge < -0.3 is 31.0 Å². The van der Waals surface area contributed by atoms with Crippen molar-refractivity contribution < 1.29 is 26.5 Å². The Bertz CT molecular complexity index is 1850. The summed E-state index contributed by atoms with van der Waals surface area (Å²) in [7, 11) is 1.44. The van der Waals surface area contributed by atoms with Crippen molar-refractivity contribution in [3.05, 3.63) is 157 Å². The number of aromatic nitrogens is 1. The summed E-state index contributed by atoms with van der Waals surface area (Å²) in [4.78, 5) is 0. The molecule has 0 amide bonds. The highest BCUT2D eigenvalue weighted by Crippen LogP contribution is 2.58. The number of rotatable bonds is 8. The summed E-state index contributed by atoms with van der Waals surface area (Å²) in [6.07, 6.45) is 0.937. The lowest BCUT2D eigenvalue weighted by molar-refractivity contribution is -0.00000892. The predicted octanol–water partition coefficient (Wildman–Crippen LogP) is 5.30. The van der Waals surface area contributed by atoms with Crippen LogP contribution in [0.25, 0.3) is 27.5 Å². The van der Waals surface area contributed by atoms with Crippen molar-refractivity contribution in [2.24, 2.45) is 0 Å². The van der Waals surface area contributed by atoms with Crippen molar-refractivity contribution >= 4 is 45.0 Å². The molecule has 0 aliphatic heterocycles. The highest BCUT2D eigenvalue weighted by molar-refractivity contribution is 7.95. The second-order valence-corrected chi connectivity index (χ2v) is 14.2. The van der Waals surface area contributed by atoms with E-state index < -0.39 is 7.26 Å². The highest BCUT2D eigenvalue weighted by atomic mass is 79.9. The maximum atomic E-state index is 5.58. The molecule has 0 fully saturated rings. The Morgan fingerprint density at radius 2 is 0.909 bits per heavy atom. The molecule has 0 N–H and O–H groups in total. The Morgan fingerprint density at radius 3 is 1.30 bits per heavy atom. The molecule has 44 heavy (non-hydrogen) atoms. The summed E-state index contributed by atoms with van der Waals surface area (Å²) in [5.74, 6) is 1.68. The van der Waals surface area contributed by atoms with Crippen molar-refractivity contribution in [2.75, 3.05) is 14.2 Å². The topological polar surface area (TPSA) is 23.4 Å². The van der Waals surface area contributed by atoms with Gasteiger partial charge in [0.25, 0.3) is 0 Å². The van der Waals surface area contributed by atoms with Crippen LogP contribution in [0, 0.1) is 0 Å². The van der Waals surface area contributed by atoms with Crippen molar-refractivity contribution in [1.29, 1.82) is 0 Å². The first-order valence-electron chi connectivity index (χ1n) is 14.5. The molecule has 218 valence electrons. The molecule has 0 atom stereocenters. The van der Waals surface area contributed by atoms with E-state index in [1.54, 1.807) is 14.2 Å². The molecule has 0 aliphatic carbocycles. The van der Waals surface area contributed by atoms with Crippen LogP contribution < -0.4 is 42.4 Å². The Balaban J connectivity index is 0.00000343. The minimum Gasteiger partial charge on any atom is -1.00 e. The summed E-state index contributed by atoms with van der Waals surface area (Å²) >= 11 is 0. The van der Waals surface area contributed by atoms with Crippen LogP contribution in [0.5, 0.6) is 11.5 Å². The molecule has 0 saturated heterocycles. The molecule has 6 aromatic carbocycles. The Hall–Kier alpha value is -4.37. The van der Waals surface area contributed by atoms with Crippen molar-refractivity contribution in [3.63, 3.8) is 0 Å². The first-order chi connectivity index (χ1) is 21.2. The van der Waals surface area contributed by atoms with Gasteiger partial charge in [-0.15, -0.1) is 0 Å². The van der Waals surface area contributed by atoms with Crippen LogP contribution in [0.2, 0.25) is 0 Å². The zero-order valence-electron chi connectivity index (χ0n) is 24.7. The predicted molar refractivity (Wildman–Crippen MR) is 183 cm³/mol. The first-order valence-corrected chi connectivity index (χ1v) is 16.5. The fourth-order valence-electron chi connectivity index (χ4n) is 6.31. The van der Waals surface area contributed by atoms with Gasteiger partial charge in [0.15, 0.2) is 0 Å². The third-order valence-corrected chi connectivity index (χ3v) is 12.8. The fraction of sp³-hybridized carbons (Fsp3) is 0.0769. The van der Waals surface area contributed by atoms with Crippen LogP contribution in [-0.2, 0) is 6.16 Å². The Kier molecular flexibility index (Phi) is 8.57. The van der Waals surface area contributed by atoms with E-state index in [9.17, 15) is 0 Å². The normalized spacial score (nSPS) is 11.3. The van der Waals surface area contributed by atoms with Crippen LogP contribution >= 0.6 is 7.26 Å². The number of benzene rings is 6. The maximum Gasteiger partial charge on any atom is 0.119 e. The van der Waals surface area contributed by atoms with E-state index >= 15 is 0 Å². The molecule has 1 heterocycles. The number of hydrogen-bond acceptors (Lipinski definition) is 2. The lowest BCUT2D eigenvalue weighted by atomic mass is 10.1. The van der Waals surface area contributed by atoms with Crippen molar-refractivity contribution in [3.8, 4) is 17.2 Å². The summed E-state index contributed by atoms with van der Waals surface area (Å²) < 4.78 is 13.5. The van der Waals surface area contributed by atoms with E-state index in [4.69, 9.17) is 9.47 Å². The van der Waals surface area contributed by atoms with Crippen LogP contribution in [0.1, 0.15) is 5.56 Å². The summed E-state index contributed by atoms with van der Waals surface area (Å²) in [5.41, 5.74) is 4.72. The average molecular weight is 659 g/mol. The van der Waals surface area contributed by atoms with Gasteiger partial charge in [-0.1, -0.05) is 66.7 Å². The molecular formula is C39H33BrNO2P. The van der Waals surface area contributed by atoms with Gasteiger partial charge in [-0.3, -0.25) is 0 Å².